The van der Waals surface area contributed by atoms with Crippen molar-refractivity contribution in [1.82, 2.24) is 9.47 Å². The van der Waals surface area contributed by atoms with E-state index in [-0.39, 0.29) is 0 Å². The molecule has 3 heterocycles. The first-order valence-corrected chi connectivity index (χ1v) is 8.49. The van der Waals surface area contributed by atoms with Gasteiger partial charge in [-0.1, -0.05) is 12.1 Å². The molecule has 4 nitrogen and oxygen atoms in total. The van der Waals surface area contributed by atoms with Gasteiger partial charge in [0, 0.05) is 38.4 Å². The third kappa shape index (κ3) is 3.01. The lowest BCUT2D eigenvalue weighted by molar-refractivity contribution is -0.0103. The second kappa shape index (κ2) is 6.38. The van der Waals surface area contributed by atoms with E-state index in [0.717, 1.165) is 51.5 Å². The van der Waals surface area contributed by atoms with E-state index in [0.29, 0.717) is 6.04 Å². The van der Waals surface area contributed by atoms with Crippen molar-refractivity contribution in [2.45, 2.75) is 18.9 Å². The van der Waals surface area contributed by atoms with Crippen LogP contribution in [0.4, 0.5) is 0 Å². The minimum absolute atomic E-state index is 0.363. The molecule has 0 radical (unpaired) electrons. The van der Waals surface area contributed by atoms with Crippen LogP contribution in [-0.4, -0.2) is 42.4 Å². The predicted molar refractivity (Wildman–Crippen MR) is 89.9 cm³/mol. The molecule has 4 heteroatoms. The average Bonchev–Trinajstić information content (AvgIpc) is 3.21. The summed E-state index contributed by atoms with van der Waals surface area (Å²) in [5.74, 6) is 1.07. The highest BCUT2D eigenvalue weighted by Gasteiger charge is 2.26. The van der Waals surface area contributed by atoms with E-state index in [4.69, 9.17) is 9.47 Å². The monoisotopic (exact) mass is 312 g/mol. The number of hydrogen-bond donors (Lipinski definition) is 0. The number of benzene rings is 1. The lowest BCUT2D eigenvalue weighted by Crippen LogP contribution is -2.41. The minimum Gasteiger partial charge on any atom is -0.493 e. The normalized spacial score (nSPS) is 21.2. The Bertz CT molecular complexity index is 680. The quantitative estimate of drug-likeness (QED) is 0.868. The summed E-state index contributed by atoms with van der Waals surface area (Å²) < 4.78 is 13.5. The Labute approximate surface area is 137 Å². The lowest BCUT2D eigenvalue weighted by atomic mass is 10.0. The van der Waals surface area contributed by atoms with Gasteiger partial charge in [-0.2, -0.15) is 0 Å². The number of morpholine rings is 1. The third-order valence-electron chi connectivity index (χ3n) is 5.01. The molecule has 0 amide bonds. The van der Waals surface area contributed by atoms with Gasteiger partial charge in [0.2, 0.25) is 0 Å². The summed E-state index contributed by atoms with van der Waals surface area (Å²) in [4.78, 5) is 2.56. The van der Waals surface area contributed by atoms with Crippen LogP contribution >= 0.6 is 0 Å². The number of aryl methyl sites for hydroxylation is 1. The van der Waals surface area contributed by atoms with E-state index in [9.17, 15) is 0 Å². The zero-order valence-electron chi connectivity index (χ0n) is 13.7. The fourth-order valence-electron chi connectivity index (χ4n) is 3.67. The highest BCUT2D eigenvalue weighted by Crippen LogP contribution is 2.27. The maximum absolute atomic E-state index is 5.73. The van der Waals surface area contributed by atoms with Crippen molar-refractivity contribution in [1.29, 1.82) is 0 Å². The summed E-state index contributed by atoms with van der Waals surface area (Å²) in [7, 11) is 2.11. The maximum atomic E-state index is 5.73. The van der Waals surface area contributed by atoms with Gasteiger partial charge in [0.05, 0.1) is 25.9 Å². The van der Waals surface area contributed by atoms with Gasteiger partial charge in [-0.05, 0) is 35.7 Å². The molecule has 1 fully saturated rings. The summed E-state index contributed by atoms with van der Waals surface area (Å²) >= 11 is 0. The smallest absolute Gasteiger partial charge is 0.122 e. The van der Waals surface area contributed by atoms with Gasteiger partial charge in [-0.3, -0.25) is 4.90 Å². The number of hydrogen-bond acceptors (Lipinski definition) is 3. The van der Waals surface area contributed by atoms with E-state index in [2.05, 4.69) is 53.0 Å². The predicted octanol–water partition coefficient (Wildman–Crippen LogP) is 2.58. The van der Waals surface area contributed by atoms with Gasteiger partial charge in [0.15, 0.2) is 0 Å². The molecule has 0 saturated carbocycles. The molecule has 1 atom stereocenters. The molecule has 2 aromatic rings. The van der Waals surface area contributed by atoms with Crippen molar-refractivity contribution in [2.75, 3.05) is 32.9 Å². The largest absolute Gasteiger partial charge is 0.493 e. The van der Waals surface area contributed by atoms with Crippen LogP contribution in [0.25, 0.3) is 0 Å². The van der Waals surface area contributed by atoms with E-state index >= 15 is 0 Å². The van der Waals surface area contributed by atoms with Gasteiger partial charge in [0.1, 0.15) is 5.75 Å². The molecule has 2 aliphatic heterocycles. The summed E-state index contributed by atoms with van der Waals surface area (Å²) in [6.07, 6.45) is 4.24. The Kier molecular flexibility index (Phi) is 4.10. The van der Waals surface area contributed by atoms with E-state index in [1.807, 2.05) is 0 Å². The van der Waals surface area contributed by atoms with Crippen molar-refractivity contribution in [3.63, 3.8) is 0 Å². The lowest BCUT2D eigenvalue weighted by Gasteiger charge is -2.36. The van der Waals surface area contributed by atoms with Crippen LogP contribution in [0.5, 0.6) is 5.75 Å². The molecular weight excluding hydrogens is 288 g/mol. The standard InChI is InChI=1S/C19H24N2O2/c1-20-8-2-3-17(20)18-14-22-12-10-21(18)9-6-15-4-5-19-16(13-15)7-11-23-19/h2-5,8,13,18H,6-7,9-12,14H2,1H3/t18-/m0/s1. The second-order valence-corrected chi connectivity index (χ2v) is 6.46. The third-order valence-corrected chi connectivity index (χ3v) is 5.01. The van der Waals surface area contributed by atoms with Crippen LogP contribution in [0, 0.1) is 0 Å². The van der Waals surface area contributed by atoms with E-state index < -0.39 is 0 Å². The van der Waals surface area contributed by atoms with Crippen LogP contribution in [0.3, 0.4) is 0 Å². The van der Waals surface area contributed by atoms with Crippen LogP contribution in [0.15, 0.2) is 36.5 Å². The summed E-state index contributed by atoms with van der Waals surface area (Å²) in [5.41, 5.74) is 4.11. The average molecular weight is 312 g/mol. The maximum Gasteiger partial charge on any atom is 0.122 e. The van der Waals surface area contributed by atoms with Crippen molar-refractivity contribution in [3.05, 3.63) is 53.3 Å². The zero-order chi connectivity index (χ0) is 15.6. The topological polar surface area (TPSA) is 26.6 Å². The molecule has 1 aromatic carbocycles. The molecule has 1 aromatic heterocycles. The molecule has 0 aliphatic carbocycles. The van der Waals surface area contributed by atoms with Crippen LogP contribution in [0.2, 0.25) is 0 Å². The molecule has 0 bridgehead atoms. The number of ether oxygens (including phenoxy) is 2. The molecule has 0 spiro atoms. The van der Waals surface area contributed by atoms with Crippen molar-refractivity contribution < 1.29 is 9.47 Å². The summed E-state index contributed by atoms with van der Waals surface area (Å²) in [5, 5.41) is 0. The Morgan fingerprint density at radius 2 is 2.17 bits per heavy atom. The van der Waals surface area contributed by atoms with Gasteiger partial charge in [-0.25, -0.2) is 0 Å². The minimum atomic E-state index is 0.363. The molecule has 23 heavy (non-hydrogen) atoms. The fraction of sp³-hybridized carbons (Fsp3) is 0.474. The number of rotatable bonds is 4. The van der Waals surface area contributed by atoms with Gasteiger partial charge in [-0.15, -0.1) is 0 Å². The first-order chi connectivity index (χ1) is 11.3. The van der Waals surface area contributed by atoms with Crippen LogP contribution < -0.4 is 4.74 Å². The Morgan fingerprint density at radius 3 is 3.04 bits per heavy atom. The van der Waals surface area contributed by atoms with Crippen molar-refractivity contribution in [3.8, 4) is 5.75 Å². The Hall–Kier alpha value is -1.78. The van der Waals surface area contributed by atoms with Crippen LogP contribution in [-0.2, 0) is 24.6 Å². The molecule has 0 unspecified atom stereocenters. The highest BCUT2D eigenvalue weighted by molar-refractivity contribution is 5.39. The Morgan fingerprint density at radius 1 is 1.22 bits per heavy atom. The van der Waals surface area contributed by atoms with Crippen molar-refractivity contribution >= 4 is 0 Å². The van der Waals surface area contributed by atoms with Gasteiger partial charge < -0.3 is 14.0 Å². The summed E-state index contributed by atoms with van der Waals surface area (Å²) in [6, 6.07) is 11.3. The van der Waals surface area contributed by atoms with Crippen molar-refractivity contribution in [2.24, 2.45) is 7.05 Å². The molecule has 122 valence electrons. The second-order valence-electron chi connectivity index (χ2n) is 6.46. The fourth-order valence-corrected chi connectivity index (χ4v) is 3.67. The molecule has 0 N–H and O–H groups in total. The highest BCUT2D eigenvalue weighted by atomic mass is 16.5. The summed E-state index contributed by atoms with van der Waals surface area (Å²) in [6.45, 7) is 4.52. The molecule has 1 saturated heterocycles. The molecule has 4 rings (SSSR count). The number of aromatic nitrogens is 1. The molecular formula is C19H24N2O2. The SMILES string of the molecule is Cn1cccc1[C@@H]1COCCN1CCc1ccc2c(c1)CCO2. The first kappa shape index (κ1) is 14.8. The van der Waals surface area contributed by atoms with Gasteiger partial charge in [0.25, 0.3) is 0 Å². The van der Waals surface area contributed by atoms with E-state index in [1.54, 1.807) is 0 Å². The zero-order valence-corrected chi connectivity index (χ0v) is 13.7. The van der Waals surface area contributed by atoms with Gasteiger partial charge >= 0.3 is 0 Å². The number of fused-ring (bicyclic) bond motifs is 1. The Balaban J connectivity index is 1.45. The first-order valence-electron chi connectivity index (χ1n) is 8.49. The van der Waals surface area contributed by atoms with E-state index in [1.165, 1.54) is 16.8 Å². The molecule has 2 aliphatic rings. The number of nitrogens with zero attached hydrogens (tertiary/aromatic N) is 2. The van der Waals surface area contributed by atoms with Crippen LogP contribution in [0.1, 0.15) is 22.9 Å².